The van der Waals surface area contributed by atoms with E-state index in [0.29, 0.717) is 0 Å². The van der Waals surface area contributed by atoms with E-state index >= 15 is 0 Å². The molecule has 5 heteroatoms. The monoisotopic (exact) mass is 344 g/mol. The van der Waals surface area contributed by atoms with E-state index in [9.17, 15) is 4.79 Å². The number of benzene rings is 1. The minimum atomic E-state index is -0.231. The molecule has 1 unspecified atom stereocenters. The van der Waals surface area contributed by atoms with E-state index in [1.165, 1.54) is 10.5 Å². The molecule has 0 saturated heterocycles. The first-order chi connectivity index (χ1) is 11.2. The second kappa shape index (κ2) is 5.95. The van der Waals surface area contributed by atoms with Gasteiger partial charge in [-0.15, -0.1) is 23.1 Å². The molecule has 0 radical (unpaired) electrons. The van der Waals surface area contributed by atoms with Crippen LogP contribution in [0.15, 0.2) is 34.5 Å². The summed E-state index contributed by atoms with van der Waals surface area (Å²) in [7, 11) is 0. The highest BCUT2D eigenvalue weighted by Gasteiger charge is 2.41. The third kappa shape index (κ3) is 2.81. The number of amides is 1. The van der Waals surface area contributed by atoms with Crippen molar-refractivity contribution in [2.75, 3.05) is 0 Å². The van der Waals surface area contributed by atoms with Crippen LogP contribution in [0.5, 0.6) is 0 Å². The molecular weight excluding hydrogens is 324 g/mol. The van der Waals surface area contributed by atoms with Gasteiger partial charge in [-0.3, -0.25) is 4.79 Å². The van der Waals surface area contributed by atoms with Gasteiger partial charge in [0.1, 0.15) is 5.01 Å². The van der Waals surface area contributed by atoms with Gasteiger partial charge in [-0.25, -0.2) is 4.98 Å². The van der Waals surface area contributed by atoms with Crippen molar-refractivity contribution < 1.29 is 4.79 Å². The predicted octanol–water partition coefficient (Wildman–Crippen LogP) is 4.05. The Morgan fingerprint density at radius 3 is 2.78 bits per heavy atom. The van der Waals surface area contributed by atoms with Crippen molar-refractivity contribution in [2.45, 2.75) is 54.7 Å². The van der Waals surface area contributed by atoms with Crippen molar-refractivity contribution in [1.82, 2.24) is 10.3 Å². The smallest absolute Gasteiger partial charge is 0.234 e. The maximum Gasteiger partial charge on any atom is 0.234 e. The number of hydrogen-bond donors (Lipinski definition) is 1. The number of fused-ring (bicyclic) bond motifs is 1. The summed E-state index contributed by atoms with van der Waals surface area (Å²) in [5.74, 6) is 0.168. The predicted molar refractivity (Wildman–Crippen MR) is 94.9 cm³/mol. The second-order valence-electron chi connectivity index (χ2n) is 6.49. The number of aryl methyl sites for hydroxylation is 1. The molecule has 0 spiro atoms. The summed E-state index contributed by atoms with van der Waals surface area (Å²) in [6, 6.07) is 8.34. The zero-order valence-corrected chi connectivity index (χ0v) is 14.8. The number of rotatable bonds is 3. The topological polar surface area (TPSA) is 42.0 Å². The van der Waals surface area contributed by atoms with E-state index in [1.807, 2.05) is 13.0 Å². The average Bonchev–Trinajstić information content (AvgIpc) is 3.25. The molecule has 3 nitrogen and oxygen atoms in total. The highest BCUT2D eigenvalue weighted by Crippen LogP contribution is 2.42. The molecule has 1 aliphatic heterocycles. The number of carbonyl (C=O) groups excluding carboxylic acids is 1. The number of thiazole rings is 1. The Hall–Kier alpha value is -1.33. The third-order valence-corrected chi connectivity index (χ3v) is 7.27. The molecule has 1 N–H and O–H groups in total. The second-order valence-corrected chi connectivity index (χ2v) is 8.59. The lowest BCUT2D eigenvalue weighted by molar-refractivity contribution is -0.122. The van der Waals surface area contributed by atoms with Gasteiger partial charge in [0, 0.05) is 16.0 Å². The molecule has 1 saturated carbocycles. The van der Waals surface area contributed by atoms with Gasteiger partial charge in [0.25, 0.3) is 0 Å². The average molecular weight is 345 g/mol. The Morgan fingerprint density at radius 2 is 2.09 bits per heavy atom. The van der Waals surface area contributed by atoms with E-state index in [1.54, 1.807) is 23.1 Å². The fourth-order valence-corrected chi connectivity index (χ4v) is 5.80. The summed E-state index contributed by atoms with van der Waals surface area (Å²) in [6.45, 7) is 2.02. The van der Waals surface area contributed by atoms with Crippen LogP contribution in [0.1, 0.15) is 41.9 Å². The van der Waals surface area contributed by atoms with Crippen molar-refractivity contribution >= 4 is 29.0 Å². The van der Waals surface area contributed by atoms with Gasteiger partial charge in [-0.1, -0.05) is 31.0 Å². The number of carbonyl (C=O) groups is 1. The van der Waals surface area contributed by atoms with Crippen LogP contribution in [-0.2, 0) is 16.8 Å². The zero-order valence-electron chi connectivity index (χ0n) is 13.2. The summed E-state index contributed by atoms with van der Waals surface area (Å²) in [5, 5.41) is 6.55. The van der Waals surface area contributed by atoms with Crippen LogP contribution in [0.25, 0.3) is 0 Å². The van der Waals surface area contributed by atoms with Gasteiger partial charge in [-0.05, 0) is 37.8 Å². The minimum Gasteiger partial charge on any atom is -0.343 e. The molecule has 2 aliphatic rings. The first kappa shape index (κ1) is 15.2. The van der Waals surface area contributed by atoms with Crippen LogP contribution < -0.4 is 5.32 Å². The van der Waals surface area contributed by atoms with Gasteiger partial charge in [0.2, 0.25) is 5.91 Å². The fourth-order valence-electron chi connectivity index (χ4n) is 3.59. The van der Waals surface area contributed by atoms with Gasteiger partial charge in [0.05, 0.1) is 10.8 Å². The summed E-state index contributed by atoms with van der Waals surface area (Å²) >= 11 is 3.38. The minimum absolute atomic E-state index is 0.00839. The van der Waals surface area contributed by atoms with E-state index < -0.39 is 0 Å². The van der Waals surface area contributed by atoms with Crippen LogP contribution in [0.3, 0.4) is 0 Å². The lowest BCUT2D eigenvalue weighted by Crippen LogP contribution is -2.47. The zero-order chi connectivity index (χ0) is 15.9. The maximum absolute atomic E-state index is 12.9. The molecule has 1 fully saturated rings. The fraction of sp³-hybridized carbons (Fsp3) is 0.444. The first-order valence-corrected chi connectivity index (χ1v) is 9.91. The van der Waals surface area contributed by atoms with Gasteiger partial charge in [-0.2, -0.15) is 0 Å². The molecule has 1 aliphatic carbocycles. The molecule has 23 heavy (non-hydrogen) atoms. The largest absolute Gasteiger partial charge is 0.343 e. The van der Waals surface area contributed by atoms with Crippen molar-refractivity contribution in [2.24, 2.45) is 0 Å². The summed E-state index contributed by atoms with van der Waals surface area (Å²) in [5.41, 5.74) is 2.11. The van der Waals surface area contributed by atoms with Crippen molar-refractivity contribution in [1.29, 1.82) is 0 Å². The van der Waals surface area contributed by atoms with Crippen LogP contribution in [-0.4, -0.2) is 16.1 Å². The number of aromatic nitrogens is 1. The Morgan fingerprint density at radius 1 is 1.30 bits per heavy atom. The van der Waals surface area contributed by atoms with E-state index in [2.05, 4.69) is 33.9 Å². The number of hydrogen-bond acceptors (Lipinski definition) is 4. The maximum atomic E-state index is 12.9. The van der Waals surface area contributed by atoms with Gasteiger partial charge < -0.3 is 5.32 Å². The highest BCUT2D eigenvalue weighted by molar-refractivity contribution is 8.01. The normalized spacial score (nSPS) is 22.0. The molecule has 120 valence electrons. The van der Waals surface area contributed by atoms with Gasteiger partial charge in [0.15, 0.2) is 0 Å². The molecule has 2 aromatic rings. The van der Waals surface area contributed by atoms with Crippen LogP contribution in [0.4, 0.5) is 0 Å². The Kier molecular flexibility index (Phi) is 3.93. The van der Waals surface area contributed by atoms with E-state index in [4.69, 9.17) is 0 Å². The highest BCUT2D eigenvalue weighted by atomic mass is 32.2. The van der Waals surface area contributed by atoms with Crippen LogP contribution in [0, 0.1) is 6.92 Å². The van der Waals surface area contributed by atoms with E-state index in [0.717, 1.165) is 42.8 Å². The number of thioether (sulfide) groups is 1. The van der Waals surface area contributed by atoms with Crippen LogP contribution in [0.2, 0.25) is 0 Å². The summed E-state index contributed by atoms with van der Waals surface area (Å²) in [4.78, 5) is 18.8. The number of nitrogens with zero attached hydrogens (tertiary/aromatic N) is 1. The molecule has 1 aromatic heterocycles. The van der Waals surface area contributed by atoms with E-state index in [-0.39, 0.29) is 16.7 Å². The van der Waals surface area contributed by atoms with Crippen molar-refractivity contribution in [3.8, 4) is 0 Å². The standard InChI is InChI=1S/C18H20N2OS2/c1-12-11-22-17(19-12)18(8-4-5-9-18)20-16(21)15-10-13-6-2-3-7-14(13)23-15/h2-3,6-7,11,15H,4-5,8-10H2,1H3,(H,20,21). The molecule has 1 amide bonds. The summed E-state index contributed by atoms with van der Waals surface area (Å²) < 4.78 is 0. The quantitative estimate of drug-likeness (QED) is 0.913. The number of nitrogens with one attached hydrogen (secondary N) is 1. The lowest BCUT2D eigenvalue weighted by atomic mass is 9.97. The van der Waals surface area contributed by atoms with Gasteiger partial charge >= 0.3 is 0 Å². The Bertz CT molecular complexity index is 709. The van der Waals surface area contributed by atoms with Crippen LogP contribution >= 0.6 is 23.1 Å². The Balaban J connectivity index is 1.53. The molecular formula is C18H20N2OS2. The molecule has 1 aromatic carbocycles. The molecule has 0 bridgehead atoms. The summed E-state index contributed by atoms with van der Waals surface area (Å²) in [6.07, 6.45) is 5.18. The third-order valence-electron chi connectivity index (χ3n) is 4.79. The van der Waals surface area contributed by atoms with Crippen molar-refractivity contribution in [3.63, 3.8) is 0 Å². The molecule has 1 atom stereocenters. The molecule has 2 heterocycles. The van der Waals surface area contributed by atoms with Crippen molar-refractivity contribution in [3.05, 3.63) is 45.9 Å². The first-order valence-electron chi connectivity index (χ1n) is 8.15. The Labute approximate surface area is 144 Å². The molecule has 4 rings (SSSR count). The lowest BCUT2D eigenvalue weighted by Gasteiger charge is -2.29. The SMILES string of the molecule is Cc1csc(C2(NC(=O)C3Cc4ccccc4S3)CCCC2)n1.